The molecule has 0 spiro atoms. The molecule has 1 aliphatic heterocycles. The van der Waals surface area contributed by atoms with Crippen LogP contribution in [0.5, 0.6) is 5.19 Å². The van der Waals surface area contributed by atoms with Gasteiger partial charge in [-0.1, -0.05) is 22.9 Å². The Morgan fingerprint density at radius 2 is 1.96 bits per heavy atom. The van der Waals surface area contributed by atoms with Crippen LogP contribution in [-0.2, 0) is 0 Å². The molecule has 3 aromatic rings. The molecule has 1 saturated heterocycles. The van der Waals surface area contributed by atoms with Crippen LogP contribution < -0.4 is 9.64 Å². The lowest BCUT2D eigenvalue weighted by Gasteiger charge is -2.31. The van der Waals surface area contributed by atoms with E-state index in [0.717, 1.165) is 53.3 Å². The zero-order chi connectivity index (χ0) is 17.9. The van der Waals surface area contributed by atoms with Crippen LogP contribution in [0.1, 0.15) is 19.3 Å². The summed E-state index contributed by atoms with van der Waals surface area (Å²) in [6.07, 6.45) is 6.56. The Hall–Kier alpha value is -1.51. The van der Waals surface area contributed by atoms with E-state index in [2.05, 4.69) is 40.8 Å². The van der Waals surface area contributed by atoms with Gasteiger partial charge in [0.05, 0.1) is 24.0 Å². The van der Waals surface area contributed by atoms with Crippen LogP contribution in [0, 0.1) is 5.92 Å². The molecule has 26 heavy (non-hydrogen) atoms. The van der Waals surface area contributed by atoms with Gasteiger partial charge in [0.15, 0.2) is 0 Å². The monoisotopic (exact) mass is 453 g/mol. The SMILES string of the molecule is Clc1cnc(N2CCC(CCOc3nc4ccc(Br)nc4s3)CC2)nc1. The Bertz CT molecular complexity index is 882. The molecule has 0 amide bonds. The summed E-state index contributed by atoms with van der Waals surface area (Å²) in [7, 11) is 0. The van der Waals surface area contributed by atoms with Crippen molar-refractivity contribution in [1.29, 1.82) is 0 Å². The van der Waals surface area contributed by atoms with Crippen molar-refractivity contribution in [2.24, 2.45) is 5.92 Å². The first-order valence-electron chi connectivity index (χ1n) is 8.46. The van der Waals surface area contributed by atoms with Crippen LogP contribution in [0.15, 0.2) is 29.1 Å². The predicted molar refractivity (Wildman–Crippen MR) is 107 cm³/mol. The molecule has 0 saturated carbocycles. The Morgan fingerprint density at radius 1 is 1.19 bits per heavy atom. The number of nitrogens with zero attached hydrogens (tertiary/aromatic N) is 5. The topological polar surface area (TPSA) is 64.0 Å². The van der Waals surface area contributed by atoms with Gasteiger partial charge in [-0.25, -0.2) is 19.9 Å². The molecule has 0 unspecified atom stereocenters. The van der Waals surface area contributed by atoms with Gasteiger partial charge in [0, 0.05) is 13.1 Å². The van der Waals surface area contributed by atoms with Crippen LogP contribution in [-0.4, -0.2) is 39.6 Å². The molecule has 1 aliphatic rings. The second kappa shape index (κ2) is 8.02. The van der Waals surface area contributed by atoms with Crippen molar-refractivity contribution < 1.29 is 4.74 Å². The van der Waals surface area contributed by atoms with Gasteiger partial charge < -0.3 is 9.64 Å². The van der Waals surface area contributed by atoms with Gasteiger partial charge in [-0.2, -0.15) is 0 Å². The zero-order valence-corrected chi connectivity index (χ0v) is 17.1. The number of anilines is 1. The van der Waals surface area contributed by atoms with E-state index < -0.39 is 0 Å². The quantitative estimate of drug-likeness (QED) is 0.526. The highest BCUT2D eigenvalue weighted by Gasteiger charge is 2.21. The zero-order valence-electron chi connectivity index (χ0n) is 13.9. The standard InChI is InChI=1S/C17H17BrClN5OS/c18-14-2-1-13-15(23-14)26-17(22-13)25-8-5-11-3-6-24(7-4-11)16-20-9-12(19)10-21-16/h1-2,9-11H,3-8H2. The first-order valence-corrected chi connectivity index (χ1v) is 10.4. The summed E-state index contributed by atoms with van der Waals surface area (Å²) in [6.45, 7) is 2.61. The number of thiazole rings is 1. The van der Waals surface area contributed by atoms with E-state index in [1.54, 1.807) is 12.4 Å². The van der Waals surface area contributed by atoms with Gasteiger partial charge in [-0.05, 0) is 53.2 Å². The molecule has 6 nitrogen and oxygen atoms in total. The first-order chi connectivity index (χ1) is 12.7. The van der Waals surface area contributed by atoms with Crippen molar-refractivity contribution >= 4 is 55.2 Å². The van der Waals surface area contributed by atoms with Crippen molar-refractivity contribution in [3.8, 4) is 5.19 Å². The number of rotatable bonds is 5. The molecule has 0 radical (unpaired) electrons. The van der Waals surface area contributed by atoms with Crippen molar-refractivity contribution in [1.82, 2.24) is 19.9 Å². The average Bonchev–Trinajstić information content (AvgIpc) is 3.05. The van der Waals surface area contributed by atoms with Gasteiger partial charge in [-0.15, -0.1) is 0 Å². The van der Waals surface area contributed by atoms with Crippen LogP contribution in [0.4, 0.5) is 5.95 Å². The molecule has 1 fully saturated rings. The fraction of sp³-hybridized carbons (Fsp3) is 0.412. The molecule has 9 heteroatoms. The van der Waals surface area contributed by atoms with Gasteiger partial charge >= 0.3 is 0 Å². The predicted octanol–water partition coefficient (Wildman–Crippen LogP) is 4.58. The van der Waals surface area contributed by atoms with E-state index in [4.69, 9.17) is 16.3 Å². The number of pyridine rings is 1. The minimum Gasteiger partial charge on any atom is -0.470 e. The van der Waals surface area contributed by atoms with Crippen LogP contribution in [0.3, 0.4) is 0 Å². The van der Waals surface area contributed by atoms with E-state index >= 15 is 0 Å². The van der Waals surface area contributed by atoms with E-state index in [-0.39, 0.29) is 0 Å². The molecule has 0 bridgehead atoms. The molecule has 4 rings (SSSR count). The number of ether oxygens (including phenoxy) is 1. The van der Waals surface area contributed by atoms with Crippen LogP contribution in [0.25, 0.3) is 10.3 Å². The Balaban J connectivity index is 1.25. The minimum atomic E-state index is 0.568. The summed E-state index contributed by atoms with van der Waals surface area (Å²) in [5.41, 5.74) is 0.879. The van der Waals surface area contributed by atoms with Crippen molar-refractivity contribution in [2.45, 2.75) is 19.3 Å². The molecule has 0 aromatic carbocycles. The number of fused-ring (bicyclic) bond motifs is 1. The highest BCUT2D eigenvalue weighted by atomic mass is 79.9. The maximum Gasteiger partial charge on any atom is 0.275 e. The van der Waals surface area contributed by atoms with Crippen molar-refractivity contribution in [2.75, 3.05) is 24.6 Å². The van der Waals surface area contributed by atoms with E-state index in [1.165, 1.54) is 11.3 Å². The van der Waals surface area contributed by atoms with Crippen LogP contribution >= 0.6 is 38.9 Å². The fourth-order valence-electron chi connectivity index (χ4n) is 3.04. The van der Waals surface area contributed by atoms with Gasteiger partial charge in [0.1, 0.15) is 15.0 Å². The molecule has 3 aromatic heterocycles. The molecular formula is C17H17BrClN5OS. The molecule has 0 N–H and O–H groups in total. The summed E-state index contributed by atoms with van der Waals surface area (Å²) >= 11 is 10.7. The summed E-state index contributed by atoms with van der Waals surface area (Å²) in [5, 5.41) is 1.26. The molecule has 136 valence electrons. The lowest BCUT2D eigenvalue weighted by atomic mass is 9.94. The van der Waals surface area contributed by atoms with Gasteiger partial charge in [-0.3, -0.25) is 0 Å². The van der Waals surface area contributed by atoms with Crippen molar-refractivity contribution in [3.63, 3.8) is 0 Å². The molecule has 4 heterocycles. The lowest BCUT2D eigenvalue weighted by Crippen LogP contribution is -2.35. The summed E-state index contributed by atoms with van der Waals surface area (Å²) in [6, 6.07) is 3.84. The van der Waals surface area contributed by atoms with E-state index in [9.17, 15) is 0 Å². The smallest absolute Gasteiger partial charge is 0.275 e. The summed E-state index contributed by atoms with van der Waals surface area (Å²) < 4.78 is 6.67. The van der Waals surface area contributed by atoms with Crippen molar-refractivity contribution in [3.05, 3.63) is 34.2 Å². The largest absolute Gasteiger partial charge is 0.470 e. The minimum absolute atomic E-state index is 0.568. The number of piperidine rings is 1. The number of hydrogen-bond donors (Lipinski definition) is 0. The summed E-state index contributed by atoms with van der Waals surface area (Å²) in [4.78, 5) is 20.6. The van der Waals surface area contributed by atoms with Gasteiger partial charge in [0.2, 0.25) is 5.95 Å². The highest BCUT2D eigenvalue weighted by molar-refractivity contribution is 9.10. The average molecular weight is 455 g/mol. The second-order valence-corrected chi connectivity index (χ2v) is 8.40. The Labute approximate surface area is 168 Å². The first kappa shape index (κ1) is 17.9. The second-order valence-electron chi connectivity index (χ2n) is 6.21. The maximum atomic E-state index is 5.86. The Kier molecular flexibility index (Phi) is 5.52. The number of aromatic nitrogens is 4. The third-order valence-corrected chi connectivity index (χ3v) is 5.97. The highest BCUT2D eigenvalue weighted by Crippen LogP contribution is 2.28. The molecule has 0 aliphatic carbocycles. The van der Waals surface area contributed by atoms with E-state index in [1.807, 2.05) is 12.1 Å². The normalized spacial score (nSPS) is 15.5. The maximum absolute atomic E-state index is 5.86. The molecular weight excluding hydrogens is 438 g/mol. The van der Waals surface area contributed by atoms with Crippen LogP contribution in [0.2, 0.25) is 5.02 Å². The number of hydrogen-bond acceptors (Lipinski definition) is 7. The number of halogens is 2. The fourth-order valence-corrected chi connectivity index (χ4v) is 4.38. The molecule has 0 atom stereocenters. The third kappa shape index (κ3) is 4.24. The third-order valence-electron chi connectivity index (χ3n) is 4.46. The summed E-state index contributed by atoms with van der Waals surface area (Å²) in [5.74, 6) is 1.41. The van der Waals surface area contributed by atoms with Gasteiger partial charge in [0.25, 0.3) is 5.19 Å². The Morgan fingerprint density at radius 3 is 2.73 bits per heavy atom. The van der Waals surface area contributed by atoms with E-state index in [0.29, 0.717) is 22.7 Å². The lowest BCUT2D eigenvalue weighted by molar-refractivity contribution is 0.257.